The molecular formula is C12H13FN2S. The second-order valence-electron chi connectivity index (χ2n) is 4.03. The molecule has 2 nitrogen and oxygen atoms in total. The smallest absolute Gasteiger partial charge is 0.123 e. The number of hydrogen-bond donors (Lipinski definition) is 1. The molecule has 1 aromatic carbocycles. The van der Waals surface area contributed by atoms with Crippen LogP contribution in [0.4, 0.5) is 4.39 Å². The summed E-state index contributed by atoms with van der Waals surface area (Å²) in [7, 11) is 0. The van der Waals surface area contributed by atoms with Crippen molar-refractivity contribution in [1.29, 1.82) is 0 Å². The van der Waals surface area contributed by atoms with Crippen molar-refractivity contribution in [1.82, 2.24) is 4.98 Å². The SMILES string of the molecule is CC(N)(Cc1nccs1)c1cccc(F)c1. The first kappa shape index (κ1) is 11.2. The number of benzene rings is 1. The van der Waals surface area contributed by atoms with Gasteiger partial charge in [0, 0.05) is 23.5 Å². The lowest BCUT2D eigenvalue weighted by molar-refractivity contribution is 0.485. The summed E-state index contributed by atoms with van der Waals surface area (Å²) < 4.78 is 13.1. The molecule has 0 bridgehead atoms. The summed E-state index contributed by atoms with van der Waals surface area (Å²) in [5, 5.41) is 2.88. The number of nitrogens with two attached hydrogens (primary N) is 1. The Morgan fingerprint density at radius 1 is 1.50 bits per heavy atom. The monoisotopic (exact) mass is 236 g/mol. The number of halogens is 1. The molecule has 1 atom stereocenters. The third kappa shape index (κ3) is 2.46. The molecule has 16 heavy (non-hydrogen) atoms. The Kier molecular flexibility index (Phi) is 3.03. The van der Waals surface area contributed by atoms with Crippen molar-refractivity contribution >= 4 is 11.3 Å². The lowest BCUT2D eigenvalue weighted by Crippen LogP contribution is -2.35. The molecule has 0 fully saturated rings. The van der Waals surface area contributed by atoms with Crippen LogP contribution in [0.3, 0.4) is 0 Å². The highest BCUT2D eigenvalue weighted by Crippen LogP contribution is 2.24. The average Bonchev–Trinajstić information content (AvgIpc) is 2.70. The van der Waals surface area contributed by atoms with E-state index in [1.807, 2.05) is 18.4 Å². The Bertz CT molecular complexity index is 466. The molecule has 1 heterocycles. The Morgan fingerprint density at radius 3 is 2.94 bits per heavy atom. The zero-order chi connectivity index (χ0) is 11.6. The zero-order valence-corrected chi connectivity index (χ0v) is 9.80. The van der Waals surface area contributed by atoms with Gasteiger partial charge in [0.25, 0.3) is 0 Å². The Hall–Kier alpha value is -1.26. The van der Waals surface area contributed by atoms with Gasteiger partial charge in [-0.15, -0.1) is 11.3 Å². The van der Waals surface area contributed by atoms with Crippen molar-refractivity contribution in [3.8, 4) is 0 Å². The van der Waals surface area contributed by atoms with Crippen molar-refractivity contribution in [2.75, 3.05) is 0 Å². The maximum absolute atomic E-state index is 13.1. The summed E-state index contributed by atoms with van der Waals surface area (Å²) in [6, 6.07) is 6.42. The van der Waals surface area contributed by atoms with Crippen LogP contribution in [0, 0.1) is 5.82 Å². The summed E-state index contributed by atoms with van der Waals surface area (Å²) >= 11 is 1.56. The van der Waals surface area contributed by atoms with E-state index >= 15 is 0 Å². The lowest BCUT2D eigenvalue weighted by atomic mass is 9.90. The molecule has 0 aliphatic heterocycles. The summed E-state index contributed by atoms with van der Waals surface area (Å²) in [4.78, 5) is 4.19. The predicted octanol–water partition coefficient (Wildman–Crippen LogP) is 2.70. The van der Waals surface area contributed by atoms with E-state index < -0.39 is 5.54 Å². The maximum atomic E-state index is 13.1. The Morgan fingerprint density at radius 2 is 2.31 bits per heavy atom. The maximum Gasteiger partial charge on any atom is 0.123 e. The van der Waals surface area contributed by atoms with Gasteiger partial charge in [-0.05, 0) is 24.6 Å². The van der Waals surface area contributed by atoms with Crippen molar-refractivity contribution in [2.24, 2.45) is 5.73 Å². The molecule has 0 saturated carbocycles. The van der Waals surface area contributed by atoms with Gasteiger partial charge in [0.05, 0.1) is 5.01 Å². The van der Waals surface area contributed by atoms with E-state index in [1.165, 1.54) is 12.1 Å². The van der Waals surface area contributed by atoms with Crippen LogP contribution in [0.2, 0.25) is 0 Å². The molecule has 1 unspecified atom stereocenters. The third-order valence-electron chi connectivity index (χ3n) is 2.49. The zero-order valence-electron chi connectivity index (χ0n) is 8.98. The largest absolute Gasteiger partial charge is 0.321 e. The van der Waals surface area contributed by atoms with E-state index in [0.717, 1.165) is 10.6 Å². The minimum absolute atomic E-state index is 0.256. The number of aromatic nitrogens is 1. The van der Waals surface area contributed by atoms with Gasteiger partial charge >= 0.3 is 0 Å². The van der Waals surface area contributed by atoms with Crippen LogP contribution in [-0.4, -0.2) is 4.98 Å². The van der Waals surface area contributed by atoms with Crippen molar-refractivity contribution in [3.05, 3.63) is 52.2 Å². The molecule has 0 aliphatic rings. The second-order valence-corrected chi connectivity index (χ2v) is 5.01. The van der Waals surface area contributed by atoms with E-state index in [9.17, 15) is 4.39 Å². The van der Waals surface area contributed by atoms with Crippen LogP contribution in [-0.2, 0) is 12.0 Å². The summed E-state index contributed by atoms with van der Waals surface area (Å²) in [6.07, 6.45) is 2.37. The highest BCUT2D eigenvalue weighted by Gasteiger charge is 2.23. The fourth-order valence-electron chi connectivity index (χ4n) is 1.60. The first-order valence-electron chi connectivity index (χ1n) is 5.01. The predicted molar refractivity (Wildman–Crippen MR) is 63.8 cm³/mol. The van der Waals surface area contributed by atoms with Crippen molar-refractivity contribution < 1.29 is 4.39 Å². The molecule has 84 valence electrons. The molecule has 4 heteroatoms. The summed E-state index contributed by atoms with van der Waals surface area (Å²) in [6.45, 7) is 1.89. The molecular weight excluding hydrogens is 223 g/mol. The summed E-state index contributed by atoms with van der Waals surface area (Å²) in [5.41, 5.74) is 6.41. The topological polar surface area (TPSA) is 38.9 Å². The van der Waals surface area contributed by atoms with E-state index in [-0.39, 0.29) is 5.82 Å². The fraction of sp³-hybridized carbons (Fsp3) is 0.250. The highest BCUT2D eigenvalue weighted by atomic mass is 32.1. The van der Waals surface area contributed by atoms with Crippen LogP contribution in [0.25, 0.3) is 0 Å². The Balaban J connectivity index is 2.24. The highest BCUT2D eigenvalue weighted by molar-refractivity contribution is 7.09. The van der Waals surface area contributed by atoms with Crippen LogP contribution in [0.5, 0.6) is 0 Å². The van der Waals surface area contributed by atoms with Gasteiger partial charge in [0.1, 0.15) is 5.82 Å². The van der Waals surface area contributed by atoms with Crippen LogP contribution < -0.4 is 5.73 Å². The Labute approximate surface area is 97.9 Å². The van der Waals surface area contributed by atoms with E-state index in [0.29, 0.717) is 6.42 Å². The minimum atomic E-state index is -0.583. The summed E-state index contributed by atoms with van der Waals surface area (Å²) in [5.74, 6) is -0.256. The van der Waals surface area contributed by atoms with Gasteiger partial charge < -0.3 is 5.73 Å². The van der Waals surface area contributed by atoms with Gasteiger partial charge in [0.15, 0.2) is 0 Å². The molecule has 2 N–H and O–H groups in total. The van der Waals surface area contributed by atoms with Gasteiger partial charge in [-0.3, -0.25) is 0 Å². The van der Waals surface area contributed by atoms with Crippen molar-refractivity contribution in [3.63, 3.8) is 0 Å². The van der Waals surface area contributed by atoms with Crippen LogP contribution in [0.15, 0.2) is 35.8 Å². The molecule has 0 saturated heterocycles. The van der Waals surface area contributed by atoms with E-state index in [4.69, 9.17) is 5.73 Å². The number of rotatable bonds is 3. The van der Waals surface area contributed by atoms with E-state index in [1.54, 1.807) is 23.6 Å². The van der Waals surface area contributed by atoms with Gasteiger partial charge in [0.2, 0.25) is 0 Å². The molecule has 2 rings (SSSR count). The second kappa shape index (κ2) is 4.31. The standard InChI is InChI=1S/C12H13FN2S/c1-12(14,8-11-15-5-6-16-11)9-3-2-4-10(13)7-9/h2-7H,8,14H2,1H3. The van der Waals surface area contributed by atoms with Gasteiger partial charge in [-0.1, -0.05) is 12.1 Å². The lowest BCUT2D eigenvalue weighted by Gasteiger charge is -2.24. The normalized spacial score (nSPS) is 14.7. The molecule has 2 aromatic rings. The number of hydrogen-bond acceptors (Lipinski definition) is 3. The number of nitrogens with zero attached hydrogens (tertiary/aromatic N) is 1. The fourth-order valence-corrected chi connectivity index (χ4v) is 2.38. The van der Waals surface area contributed by atoms with E-state index in [2.05, 4.69) is 4.98 Å². The average molecular weight is 236 g/mol. The molecule has 0 aliphatic carbocycles. The first-order chi connectivity index (χ1) is 7.58. The molecule has 0 spiro atoms. The minimum Gasteiger partial charge on any atom is -0.321 e. The molecule has 0 amide bonds. The van der Waals surface area contributed by atoms with Gasteiger partial charge in [-0.2, -0.15) is 0 Å². The molecule has 1 aromatic heterocycles. The number of thiazole rings is 1. The molecule has 0 radical (unpaired) electrons. The quantitative estimate of drug-likeness (QED) is 0.890. The third-order valence-corrected chi connectivity index (χ3v) is 3.27. The van der Waals surface area contributed by atoms with Crippen molar-refractivity contribution in [2.45, 2.75) is 18.9 Å². The van der Waals surface area contributed by atoms with Crippen LogP contribution >= 0.6 is 11.3 Å². The van der Waals surface area contributed by atoms with Gasteiger partial charge in [-0.25, -0.2) is 9.37 Å². The van der Waals surface area contributed by atoms with Crippen LogP contribution in [0.1, 0.15) is 17.5 Å². The first-order valence-corrected chi connectivity index (χ1v) is 5.89.